The van der Waals surface area contributed by atoms with Crippen molar-refractivity contribution in [2.45, 2.75) is 51.4 Å². The number of carboxylic acid groups (broad SMARTS) is 1. The third kappa shape index (κ3) is 4.28. The van der Waals surface area contributed by atoms with Crippen molar-refractivity contribution < 1.29 is 14.6 Å². The minimum Gasteiger partial charge on any atom is -0.477 e. The molecule has 0 spiro atoms. The standard InChI is InChI=1S/C15H23NO3S/c1-19-10-9-13-16-12(14(20-13)15(17)18)8-7-11-5-3-2-4-6-11/h11H,2-10H2,1H3,(H,17,18). The van der Waals surface area contributed by atoms with E-state index in [0.717, 1.165) is 29.5 Å². The van der Waals surface area contributed by atoms with Crippen LogP contribution in [0.4, 0.5) is 0 Å². The van der Waals surface area contributed by atoms with E-state index in [9.17, 15) is 9.90 Å². The predicted molar refractivity (Wildman–Crippen MR) is 79.5 cm³/mol. The van der Waals surface area contributed by atoms with Gasteiger partial charge in [-0.3, -0.25) is 0 Å². The summed E-state index contributed by atoms with van der Waals surface area (Å²) in [5.74, 6) is -0.0840. The second kappa shape index (κ2) is 7.74. The first-order valence-corrected chi connectivity index (χ1v) is 8.23. The van der Waals surface area contributed by atoms with Crippen LogP contribution in [0.1, 0.15) is 58.9 Å². The third-order valence-corrected chi connectivity index (χ3v) is 5.12. The molecule has 112 valence electrons. The van der Waals surface area contributed by atoms with E-state index in [0.29, 0.717) is 17.9 Å². The molecule has 0 unspecified atom stereocenters. The van der Waals surface area contributed by atoms with Gasteiger partial charge in [-0.15, -0.1) is 11.3 Å². The fraction of sp³-hybridized carbons (Fsp3) is 0.733. The zero-order valence-corrected chi connectivity index (χ0v) is 12.9. The Labute approximate surface area is 124 Å². The van der Waals surface area contributed by atoms with Gasteiger partial charge in [0.1, 0.15) is 4.88 Å². The summed E-state index contributed by atoms with van der Waals surface area (Å²) in [6.07, 6.45) is 9.18. The summed E-state index contributed by atoms with van der Waals surface area (Å²) < 4.78 is 5.03. The smallest absolute Gasteiger partial charge is 0.347 e. The molecule has 1 N–H and O–H groups in total. The number of carboxylic acids is 1. The molecule has 20 heavy (non-hydrogen) atoms. The number of carbonyl (C=O) groups is 1. The van der Waals surface area contributed by atoms with Gasteiger partial charge in [0.15, 0.2) is 0 Å². The number of rotatable bonds is 7. The van der Waals surface area contributed by atoms with Gasteiger partial charge in [-0.2, -0.15) is 0 Å². The van der Waals surface area contributed by atoms with E-state index in [1.165, 1.54) is 43.4 Å². The molecule has 0 aliphatic heterocycles. The van der Waals surface area contributed by atoms with Gasteiger partial charge in [0.2, 0.25) is 0 Å². The molecule has 4 nitrogen and oxygen atoms in total. The van der Waals surface area contributed by atoms with Gasteiger partial charge in [0.05, 0.1) is 17.3 Å². The molecule has 1 aliphatic carbocycles. The molecule has 0 bridgehead atoms. The van der Waals surface area contributed by atoms with Crippen LogP contribution in [0, 0.1) is 5.92 Å². The van der Waals surface area contributed by atoms with E-state index >= 15 is 0 Å². The van der Waals surface area contributed by atoms with Gasteiger partial charge in [-0.05, 0) is 18.8 Å². The molecule has 0 atom stereocenters. The lowest BCUT2D eigenvalue weighted by atomic mass is 9.86. The highest BCUT2D eigenvalue weighted by Gasteiger charge is 2.19. The van der Waals surface area contributed by atoms with Crippen LogP contribution in [-0.2, 0) is 17.6 Å². The Balaban J connectivity index is 1.97. The van der Waals surface area contributed by atoms with Crippen molar-refractivity contribution >= 4 is 17.3 Å². The summed E-state index contributed by atoms with van der Waals surface area (Å²) in [7, 11) is 1.65. The van der Waals surface area contributed by atoms with Crippen molar-refractivity contribution in [3.05, 3.63) is 15.6 Å². The number of hydrogen-bond acceptors (Lipinski definition) is 4. The Hall–Kier alpha value is -0.940. The molecule has 2 rings (SSSR count). The highest BCUT2D eigenvalue weighted by atomic mass is 32.1. The first-order valence-electron chi connectivity index (χ1n) is 7.41. The first kappa shape index (κ1) is 15.4. The van der Waals surface area contributed by atoms with E-state index in [2.05, 4.69) is 4.98 Å². The lowest BCUT2D eigenvalue weighted by Crippen LogP contribution is -2.08. The molecule has 0 amide bonds. The van der Waals surface area contributed by atoms with Gasteiger partial charge in [-0.25, -0.2) is 9.78 Å². The number of ether oxygens (including phenoxy) is 1. The van der Waals surface area contributed by atoms with Crippen LogP contribution in [0.2, 0.25) is 0 Å². The van der Waals surface area contributed by atoms with Crippen LogP contribution in [0.3, 0.4) is 0 Å². The summed E-state index contributed by atoms with van der Waals surface area (Å²) in [5.41, 5.74) is 0.777. The molecule has 0 saturated heterocycles. The summed E-state index contributed by atoms with van der Waals surface area (Å²) in [4.78, 5) is 16.2. The molecule has 1 heterocycles. The Bertz CT molecular complexity index is 438. The highest BCUT2D eigenvalue weighted by Crippen LogP contribution is 2.29. The number of aromatic carboxylic acids is 1. The maximum atomic E-state index is 11.3. The Morgan fingerprint density at radius 2 is 2.10 bits per heavy atom. The lowest BCUT2D eigenvalue weighted by molar-refractivity contribution is 0.0700. The average molecular weight is 297 g/mol. The number of aromatic nitrogens is 1. The summed E-state index contributed by atoms with van der Waals surface area (Å²) >= 11 is 1.30. The number of methoxy groups -OCH3 is 1. The molecule has 0 radical (unpaired) electrons. The summed E-state index contributed by atoms with van der Waals surface area (Å²) in [5, 5.41) is 10.2. The minimum atomic E-state index is -0.843. The van der Waals surface area contributed by atoms with Crippen LogP contribution >= 0.6 is 11.3 Å². The Kier molecular flexibility index (Phi) is 5.98. The fourth-order valence-electron chi connectivity index (χ4n) is 2.85. The number of hydrogen-bond donors (Lipinski definition) is 1. The summed E-state index contributed by atoms with van der Waals surface area (Å²) in [6, 6.07) is 0. The van der Waals surface area contributed by atoms with E-state index in [-0.39, 0.29) is 0 Å². The molecule has 1 saturated carbocycles. The molecular formula is C15H23NO3S. The second-order valence-corrected chi connectivity index (χ2v) is 6.56. The van der Waals surface area contributed by atoms with E-state index in [4.69, 9.17) is 4.74 Å². The maximum absolute atomic E-state index is 11.3. The predicted octanol–water partition coefficient (Wildman–Crippen LogP) is 3.54. The summed E-state index contributed by atoms with van der Waals surface area (Å²) in [6.45, 7) is 0.592. The average Bonchev–Trinajstić information content (AvgIpc) is 2.87. The monoisotopic (exact) mass is 297 g/mol. The van der Waals surface area contributed by atoms with Crippen molar-refractivity contribution in [2.75, 3.05) is 13.7 Å². The Morgan fingerprint density at radius 3 is 2.75 bits per heavy atom. The van der Waals surface area contributed by atoms with Crippen molar-refractivity contribution in [3.63, 3.8) is 0 Å². The van der Waals surface area contributed by atoms with Crippen molar-refractivity contribution in [1.29, 1.82) is 0 Å². The molecule has 0 aromatic carbocycles. The zero-order valence-electron chi connectivity index (χ0n) is 12.1. The number of nitrogens with zero attached hydrogens (tertiary/aromatic N) is 1. The third-order valence-electron chi connectivity index (χ3n) is 3.97. The number of aryl methyl sites for hydroxylation is 1. The van der Waals surface area contributed by atoms with E-state index in [1.54, 1.807) is 7.11 Å². The second-order valence-electron chi connectivity index (χ2n) is 5.47. The normalized spacial score (nSPS) is 16.4. The first-order chi connectivity index (χ1) is 9.70. The van der Waals surface area contributed by atoms with Gasteiger partial charge in [0.25, 0.3) is 0 Å². The van der Waals surface area contributed by atoms with Crippen LogP contribution in [-0.4, -0.2) is 29.8 Å². The highest BCUT2D eigenvalue weighted by molar-refractivity contribution is 7.13. The van der Waals surface area contributed by atoms with Crippen LogP contribution in [0.5, 0.6) is 0 Å². The SMILES string of the molecule is COCCc1nc(CCC2CCCCC2)c(C(=O)O)s1. The largest absolute Gasteiger partial charge is 0.477 e. The number of thiazole rings is 1. The Morgan fingerprint density at radius 1 is 1.35 bits per heavy atom. The quantitative estimate of drug-likeness (QED) is 0.836. The van der Waals surface area contributed by atoms with Gasteiger partial charge >= 0.3 is 5.97 Å². The van der Waals surface area contributed by atoms with Gasteiger partial charge in [0, 0.05) is 13.5 Å². The molecular weight excluding hydrogens is 274 g/mol. The van der Waals surface area contributed by atoms with Crippen LogP contribution < -0.4 is 0 Å². The molecule has 1 aromatic rings. The van der Waals surface area contributed by atoms with Crippen LogP contribution in [0.25, 0.3) is 0 Å². The van der Waals surface area contributed by atoms with Crippen molar-refractivity contribution in [1.82, 2.24) is 4.98 Å². The van der Waals surface area contributed by atoms with Gasteiger partial charge < -0.3 is 9.84 Å². The fourth-order valence-corrected chi connectivity index (χ4v) is 3.78. The zero-order chi connectivity index (χ0) is 14.4. The molecule has 5 heteroatoms. The minimum absolute atomic E-state index is 0.423. The van der Waals surface area contributed by atoms with Crippen molar-refractivity contribution in [2.24, 2.45) is 5.92 Å². The lowest BCUT2D eigenvalue weighted by Gasteiger charge is -2.20. The van der Waals surface area contributed by atoms with E-state index in [1.807, 2.05) is 0 Å². The maximum Gasteiger partial charge on any atom is 0.347 e. The van der Waals surface area contributed by atoms with Crippen LogP contribution in [0.15, 0.2) is 0 Å². The van der Waals surface area contributed by atoms with Gasteiger partial charge in [-0.1, -0.05) is 32.1 Å². The molecule has 1 fully saturated rings. The molecule has 1 aromatic heterocycles. The van der Waals surface area contributed by atoms with E-state index < -0.39 is 5.97 Å². The topological polar surface area (TPSA) is 59.4 Å². The molecule has 1 aliphatic rings. The van der Waals surface area contributed by atoms with Crippen molar-refractivity contribution in [3.8, 4) is 0 Å².